The minimum absolute atomic E-state index is 0.352. The Balaban J connectivity index is 1.50. The Morgan fingerprint density at radius 3 is 1.82 bits per heavy atom. The highest BCUT2D eigenvalue weighted by Crippen LogP contribution is 2.44. The lowest BCUT2D eigenvalue weighted by Crippen LogP contribution is -2.41. The van der Waals surface area contributed by atoms with Crippen LogP contribution in [0.15, 0.2) is 91.0 Å². The van der Waals surface area contributed by atoms with Crippen LogP contribution in [0.5, 0.6) is 0 Å². The number of rotatable bonds is 3. The Hall–Kier alpha value is -3.14. The summed E-state index contributed by atoms with van der Waals surface area (Å²) < 4.78 is 12.7. The third kappa shape index (κ3) is 3.43. The van der Waals surface area contributed by atoms with E-state index in [-0.39, 0.29) is 18.3 Å². The molecular weight excluding hydrogens is 415 g/mol. The van der Waals surface area contributed by atoms with Gasteiger partial charge in [0.1, 0.15) is 0 Å². The molecule has 0 spiro atoms. The first-order valence-electron chi connectivity index (χ1n) is 12.1. The summed E-state index contributed by atoms with van der Waals surface area (Å²) in [5, 5.41) is 0. The van der Waals surface area contributed by atoms with Crippen LogP contribution in [0, 0.1) is 0 Å². The molecule has 1 saturated heterocycles. The number of benzene rings is 4. The van der Waals surface area contributed by atoms with Crippen LogP contribution >= 0.6 is 0 Å². The Labute approximate surface area is 202 Å². The molecule has 0 radical (unpaired) electrons. The first-order chi connectivity index (χ1) is 16.3. The molecular formula is C31H29BO2. The van der Waals surface area contributed by atoms with Crippen molar-refractivity contribution >= 4 is 12.6 Å². The standard InChI is InChI=1S/C31H29BO2/c1-30(2)31(3,4)34-32(33-30)25-16-15-23-17-28-26(22-13-9-6-10-14-22)18-24(19-29(28)27(23)20-25)21-11-7-5-8-12-21/h5-16,18-20H,17H2,1-4H3. The molecule has 2 nitrogen and oxygen atoms in total. The molecule has 0 bridgehead atoms. The van der Waals surface area contributed by atoms with E-state index >= 15 is 0 Å². The van der Waals surface area contributed by atoms with Crippen molar-refractivity contribution < 1.29 is 9.31 Å². The maximum absolute atomic E-state index is 6.36. The van der Waals surface area contributed by atoms with Gasteiger partial charge in [-0.15, -0.1) is 0 Å². The Kier molecular flexibility index (Phi) is 4.84. The molecule has 4 aromatic rings. The maximum atomic E-state index is 6.36. The van der Waals surface area contributed by atoms with Gasteiger partial charge in [0.2, 0.25) is 0 Å². The van der Waals surface area contributed by atoms with Gasteiger partial charge in [-0.3, -0.25) is 0 Å². The maximum Gasteiger partial charge on any atom is 0.494 e. The highest BCUT2D eigenvalue weighted by atomic mass is 16.7. The van der Waals surface area contributed by atoms with E-state index in [0.717, 1.165) is 11.9 Å². The Morgan fingerprint density at radius 2 is 1.18 bits per heavy atom. The second-order valence-corrected chi connectivity index (χ2v) is 10.5. The fraction of sp³-hybridized carbons (Fsp3) is 0.226. The summed E-state index contributed by atoms with van der Waals surface area (Å²) in [6.45, 7) is 8.42. The zero-order valence-electron chi connectivity index (χ0n) is 20.3. The van der Waals surface area contributed by atoms with E-state index in [4.69, 9.17) is 9.31 Å². The number of hydrogen-bond donors (Lipinski definition) is 0. The second kappa shape index (κ2) is 7.70. The third-order valence-corrected chi connectivity index (χ3v) is 7.76. The molecule has 168 valence electrons. The van der Waals surface area contributed by atoms with E-state index in [9.17, 15) is 0 Å². The lowest BCUT2D eigenvalue weighted by atomic mass is 9.77. The van der Waals surface area contributed by atoms with Crippen LogP contribution in [0.4, 0.5) is 0 Å². The van der Waals surface area contributed by atoms with Crippen molar-refractivity contribution in [3.8, 4) is 33.4 Å². The first kappa shape index (κ1) is 21.4. The summed E-state index contributed by atoms with van der Waals surface area (Å²) >= 11 is 0. The van der Waals surface area contributed by atoms with Gasteiger partial charge < -0.3 is 9.31 Å². The lowest BCUT2D eigenvalue weighted by Gasteiger charge is -2.32. The Morgan fingerprint density at radius 1 is 0.588 bits per heavy atom. The monoisotopic (exact) mass is 444 g/mol. The van der Waals surface area contributed by atoms with E-state index in [1.165, 1.54) is 44.5 Å². The fourth-order valence-corrected chi connectivity index (χ4v) is 5.09. The molecule has 0 unspecified atom stereocenters. The van der Waals surface area contributed by atoms with E-state index in [1.54, 1.807) is 0 Å². The molecule has 4 aromatic carbocycles. The van der Waals surface area contributed by atoms with E-state index < -0.39 is 0 Å². The van der Waals surface area contributed by atoms with Crippen LogP contribution in [-0.4, -0.2) is 18.3 Å². The largest absolute Gasteiger partial charge is 0.494 e. The second-order valence-electron chi connectivity index (χ2n) is 10.5. The van der Waals surface area contributed by atoms with Gasteiger partial charge in [-0.05, 0) is 96.2 Å². The zero-order chi connectivity index (χ0) is 23.5. The molecule has 1 fully saturated rings. The molecule has 0 N–H and O–H groups in total. The molecule has 0 saturated carbocycles. The van der Waals surface area contributed by atoms with Gasteiger partial charge >= 0.3 is 7.12 Å². The summed E-state index contributed by atoms with van der Waals surface area (Å²) in [6, 6.07) is 32.8. The van der Waals surface area contributed by atoms with Gasteiger partial charge in [0.05, 0.1) is 11.2 Å². The van der Waals surface area contributed by atoms with Gasteiger partial charge in [0.15, 0.2) is 0 Å². The molecule has 2 aliphatic rings. The van der Waals surface area contributed by atoms with Crippen molar-refractivity contribution in [2.45, 2.75) is 45.3 Å². The van der Waals surface area contributed by atoms with Gasteiger partial charge in [-0.2, -0.15) is 0 Å². The quantitative estimate of drug-likeness (QED) is 0.282. The predicted octanol–water partition coefficient (Wildman–Crippen LogP) is 6.89. The summed E-state index contributed by atoms with van der Waals surface area (Å²) in [5.41, 5.74) is 10.8. The summed E-state index contributed by atoms with van der Waals surface area (Å²) in [4.78, 5) is 0. The molecule has 0 atom stereocenters. The smallest absolute Gasteiger partial charge is 0.399 e. The topological polar surface area (TPSA) is 18.5 Å². The molecule has 6 rings (SSSR count). The normalized spacial score (nSPS) is 17.5. The SMILES string of the molecule is CC1(C)OB(c2ccc3c(c2)-c2cc(-c4ccccc4)cc(-c4ccccc4)c2C3)OC1(C)C. The molecule has 1 aliphatic heterocycles. The van der Waals surface area contributed by atoms with Gasteiger partial charge in [-0.25, -0.2) is 0 Å². The highest BCUT2D eigenvalue weighted by molar-refractivity contribution is 6.62. The van der Waals surface area contributed by atoms with Gasteiger partial charge in [-0.1, -0.05) is 78.9 Å². The van der Waals surface area contributed by atoms with Crippen LogP contribution in [-0.2, 0) is 15.7 Å². The summed E-state index contributed by atoms with van der Waals surface area (Å²) in [6.07, 6.45) is 0.938. The minimum atomic E-state index is -0.356. The third-order valence-electron chi connectivity index (χ3n) is 7.76. The van der Waals surface area contributed by atoms with E-state index in [1.807, 2.05) is 0 Å². The van der Waals surface area contributed by atoms with Gasteiger partial charge in [0, 0.05) is 0 Å². The van der Waals surface area contributed by atoms with Crippen LogP contribution in [0.1, 0.15) is 38.8 Å². The summed E-state index contributed by atoms with van der Waals surface area (Å²) in [7, 11) is -0.356. The average molecular weight is 444 g/mol. The van der Waals surface area contributed by atoms with Crippen LogP contribution in [0.25, 0.3) is 33.4 Å². The molecule has 34 heavy (non-hydrogen) atoms. The van der Waals surface area contributed by atoms with Crippen LogP contribution < -0.4 is 5.46 Å². The first-order valence-corrected chi connectivity index (χ1v) is 12.1. The van der Waals surface area contributed by atoms with Crippen molar-refractivity contribution in [1.29, 1.82) is 0 Å². The molecule has 0 amide bonds. The van der Waals surface area contributed by atoms with Crippen molar-refractivity contribution in [1.82, 2.24) is 0 Å². The van der Waals surface area contributed by atoms with E-state index in [0.29, 0.717) is 0 Å². The van der Waals surface area contributed by atoms with Gasteiger partial charge in [0.25, 0.3) is 0 Å². The highest BCUT2D eigenvalue weighted by Gasteiger charge is 2.51. The van der Waals surface area contributed by atoms with Crippen molar-refractivity contribution in [2.75, 3.05) is 0 Å². The fourth-order valence-electron chi connectivity index (χ4n) is 5.09. The average Bonchev–Trinajstić information content (AvgIpc) is 3.32. The van der Waals surface area contributed by atoms with E-state index in [2.05, 4.69) is 119 Å². The lowest BCUT2D eigenvalue weighted by molar-refractivity contribution is 0.00578. The Bertz CT molecular complexity index is 1360. The number of hydrogen-bond acceptors (Lipinski definition) is 2. The van der Waals surface area contributed by atoms with Crippen molar-refractivity contribution in [2.24, 2.45) is 0 Å². The van der Waals surface area contributed by atoms with Crippen molar-refractivity contribution in [3.63, 3.8) is 0 Å². The molecule has 0 aromatic heterocycles. The zero-order valence-corrected chi connectivity index (χ0v) is 20.3. The minimum Gasteiger partial charge on any atom is -0.399 e. The summed E-state index contributed by atoms with van der Waals surface area (Å²) in [5.74, 6) is 0. The molecule has 3 heteroatoms. The van der Waals surface area contributed by atoms with Crippen LogP contribution in [0.2, 0.25) is 0 Å². The van der Waals surface area contributed by atoms with Crippen molar-refractivity contribution in [3.05, 3.63) is 102 Å². The predicted molar refractivity (Wildman–Crippen MR) is 141 cm³/mol. The molecule has 1 aliphatic carbocycles. The molecule has 1 heterocycles. The van der Waals surface area contributed by atoms with Crippen LogP contribution in [0.3, 0.4) is 0 Å². The number of fused-ring (bicyclic) bond motifs is 3.